The Kier molecular flexibility index (Phi) is 3.55. The van der Waals surface area contributed by atoms with Gasteiger partial charge < -0.3 is 10.2 Å². The Morgan fingerprint density at radius 3 is 2.24 bits per heavy atom. The third kappa shape index (κ3) is 2.99. The van der Waals surface area contributed by atoms with Gasteiger partial charge in [-0.05, 0) is 25.7 Å². The summed E-state index contributed by atoms with van der Waals surface area (Å²) in [5.41, 5.74) is -0.787. The number of carbonyl (C=O) groups excluding carboxylic acids is 2. The van der Waals surface area contributed by atoms with Crippen LogP contribution >= 0.6 is 0 Å². The molecule has 1 unspecified atom stereocenters. The van der Waals surface area contributed by atoms with Crippen molar-refractivity contribution >= 4 is 11.8 Å². The quantitative estimate of drug-likeness (QED) is 0.796. The first-order valence-corrected chi connectivity index (χ1v) is 6.21. The second kappa shape index (κ2) is 4.31. The summed E-state index contributed by atoms with van der Waals surface area (Å²) >= 11 is 0. The summed E-state index contributed by atoms with van der Waals surface area (Å²) in [7, 11) is 0. The second-order valence-electron chi connectivity index (χ2n) is 6.53. The van der Waals surface area contributed by atoms with Gasteiger partial charge in [0.1, 0.15) is 11.6 Å². The molecule has 1 saturated heterocycles. The first kappa shape index (κ1) is 14.0. The minimum Gasteiger partial charge on any atom is -0.340 e. The number of rotatable bonds is 2. The fourth-order valence-corrected chi connectivity index (χ4v) is 2.19. The number of nitrogens with zero attached hydrogens (tertiary/aromatic N) is 1. The van der Waals surface area contributed by atoms with E-state index in [9.17, 15) is 9.59 Å². The van der Waals surface area contributed by atoms with Crippen molar-refractivity contribution in [2.75, 3.05) is 6.54 Å². The fourth-order valence-electron chi connectivity index (χ4n) is 2.19. The smallest absolute Gasteiger partial charge is 0.248 e. The number of carbonyl (C=O) groups is 2. The molecule has 0 bridgehead atoms. The van der Waals surface area contributed by atoms with Crippen LogP contribution in [0.5, 0.6) is 0 Å². The Balaban J connectivity index is 3.02. The van der Waals surface area contributed by atoms with Gasteiger partial charge in [0.25, 0.3) is 0 Å². The van der Waals surface area contributed by atoms with Crippen molar-refractivity contribution in [3.05, 3.63) is 0 Å². The zero-order valence-corrected chi connectivity index (χ0v) is 11.8. The summed E-state index contributed by atoms with van der Waals surface area (Å²) in [4.78, 5) is 26.1. The van der Waals surface area contributed by atoms with Crippen molar-refractivity contribution in [2.45, 2.75) is 59.5 Å². The van der Waals surface area contributed by atoms with Crippen LogP contribution < -0.4 is 5.32 Å². The molecule has 1 heterocycles. The highest BCUT2D eigenvalue weighted by atomic mass is 16.2. The van der Waals surface area contributed by atoms with E-state index in [-0.39, 0.29) is 23.3 Å². The number of hydrogen-bond acceptors (Lipinski definition) is 2. The Morgan fingerprint density at radius 1 is 1.29 bits per heavy atom. The molecule has 4 heteroatoms. The number of hydrogen-bond donors (Lipinski definition) is 1. The average Bonchev–Trinajstić information content (AvgIpc) is 2.11. The number of piperazine rings is 1. The van der Waals surface area contributed by atoms with Crippen molar-refractivity contribution in [2.24, 2.45) is 5.41 Å². The van der Waals surface area contributed by atoms with E-state index in [0.29, 0.717) is 13.0 Å². The van der Waals surface area contributed by atoms with E-state index in [1.54, 1.807) is 18.7 Å². The lowest BCUT2D eigenvalue weighted by molar-refractivity contribution is -0.155. The SMILES string of the molecule is CCC1C(=O)NC(C)(C)C(=O)N1CC(C)(C)C. The molecule has 4 nitrogen and oxygen atoms in total. The molecular formula is C13H24N2O2. The van der Waals surface area contributed by atoms with Crippen LogP contribution in [0.4, 0.5) is 0 Å². The lowest BCUT2D eigenvalue weighted by atomic mass is 9.90. The summed E-state index contributed by atoms with van der Waals surface area (Å²) in [6.45, 7) is 12.3. The first-order chi connectivity index (χ1) is 7.58. The predicted molar refractivity (Wildman–Crippen MR) is 67.5 cm³/mol. The minimum atomic E-state index is -0.784. The van der Waals surface area contributed by atoms with Crippen LogP contribution in [0.3, 0.4) is 0 Å². The van der Waals surface area contributed by atoms with Crippen molar-refractivity contribution in [1.82, 2.24) is 10.2 Å². The topological polar surface area (TPSA) is 49.4 Å². The van der Waals surface area contributed by atoms with Crippen molar-refractivity contribution < 1.29 is 9.59 Å². The molecule has 0 radical (unpaired) electrons. The normalized spacial score (nSPS) is 24.8. The van der Waals surface area contributed by atoms with Crippen LogP contribution in [0, 0.1) is 5.41 Å². The highest BCUT2D eigenvalue weighted by Crippen LogP contribution is 2.25. The van der Waals surface area contributed by atoms with E-state index in [1.165, 1.54) is 0 Å². The van der Waals surface area contributed by atoms with Crippen molar-refractivity contribution in [1.29, 1.82) is 0 Å². The van der Waals surface area contributed by atoms with Gasteiger partial charge in [0.2, 0.25) is 11.8 Å². The Labute approximate surface area is 104 Å². The average molecular weight is 240 g/mol. The largest absolute Gasteiger partial charge is 0.340 e. The van der Waals surface area contributed by atoms with Gasteiger partial charge in [-0.25, -0.2) is 0 Å². The lowest BCUT2D eigenvalue weighted by Crippen LogP contribution is -2.68. The van der Waals surface area contributed by atoms with Gasteiger partial charge in [-0.3, -0.25) is 9.59 Å². The summed E-state index contributed by atoms with van der Waals surface area (Å²) in [5, 5.41) is 2.79. The summed E-state index contributed by atoms with van der Waals surface area (Å²) in [5.74, 6) is -0.0276. The van der Waals surface area contributed by atoms with E-state index in [4.69, 9.17) is 0 Å². The molecule has 17 heavy (non-hydrogen) atoms. The van der Waals surface area contributed by atoms with Crippen LogP contribution in [0.15, 0.2) is 0 Å². The molecule has 0 aromatic carbocycles. The molecule has 1 aliphatic rings. The molecule has 1 aliphatic heterocycles. The van der Waals surface area contributed by atoms with Gasteiger partial charge in [0.15, 0.2) is 0 Å². The van der Waals surface area contributed by atoms with Crippen LogP contribution in [-0.2, 0) is 9.59 Å². The summed E-state index contributed by atoms with van der Waals surface area (Å²) in [6.07, 6.45) is 0.656. The van der Waals surface area contributed by atoms with E-state index in [2.05, 4.69) is 26.1 Å². The van der Waals surface area contributed by atoms with Crippen LogP contribution in [0.1, 0.15) is 48.0 Å². The molecular weight excluding hydrogens is 216 g/mol. The minimum absolute atomic E-state index is 0.00319. The molecule has 98 valence electrons. The van der Waals surface area contributed by atoms with Gasteiger partial charge in [0, 0.05) is 6.54 Å². The molecule has 1 atom stereocenters. The lowest BCUT2D eigenvalue weighted by Gasteiger charge is -2.44. The Hall–Kier alpha value is -1.06. The highest BCUT2D eigenvalue weighted by molar-refractivity contribution is 5.99. The zero-order chi connectivity index (χ0) is 13.4. The first-order valence-electron chi connectivity index (χ1n) is 6.21. The van der Waals surface area contributed by atoms with E-state index < -0.39 is 5.54 Å². The van der Waals surface area contributed by atoms with E-state index >= 15 is 0 Å². The molecule has 0 spiro atoms. The van der Waals surface area contributed by atoms with Gasteiger partial charge >= 0.3 is 0 Å². The Bertz CT molecular complexity index is 329. The van der Waals surface area contributed by atoms with Crippen LogP contribution in [-0.4, -0.2) is 34.8 Å². The van der Waals surface area contributed by atoms with Gasteiger partial charge in [-0.15, -0.1) is 0 Å². The molecule has 0 aromatic heterocycles. The molecule has 0 aliphatic carbocycles. The fraction of sp³-hybridized carbons (Fsp3) is 0.846. The maximum atomic E-state index is 12.4. The molecule has 1 rings (SSSR count). The predicted octanol–water partition coefficient (Wildman–Crippen LogP) is 1.55. The zero-order valence-electron chi connectivity index (χ0n) is 11.8. The van der Waals surface area contributed by atoms with Crippen LogP contribution in [0.25, 0.3) is 0 Å². The van der Waals surface area contributed by atoms with E-state index in [0.717, 1.165) is 0 Å². The van der Waals surface area contributed by atoms with Crippen molar-refractivity contribution in [3.8, 4) is 0 Å². The third-order valence-electron chi connectivity index (χ3n) is 2.94. The van der Waals surface area contributed by atoms with Gasteiger partial charge in [-0.1, -0.05) is 27.7 Å². The second-order valence-corrected chi connectivity index (χ2v) is 6.53. The molecule has 1 fully saturated rings. The highest BCUT2D eigenvalue weighted by Gasteiger charge is 2.45. The standard InChI is InChI=1S/C13H24N2O2/c1-7-9-10(16)14-13(5,6)11(17)15(9)8-12(2,3)4/h9H,7-8H2,1-6H3,(H,14,16). The maximum Gasteiger partial charge on any atom is 0.248 e. The monoisotopic (exact) mass is 240 g/mol. The third-order valence-corrected chi connectivity index (χ3v) is 2.94. The summed E-state index contributed by atoms with van der Waals surface area (Å²) < 4.78 is 0. The van der Waals surface area contributed by atoms with Gasteiger partial charge in [-0.2, -0.15) is 0 Å². The Morgan fingerprint density at radius 2 is 1.82 bits per heavy atom. The molecule has 2 amide bonds. The number of nitrogens with one attached hydrogen (secondary N) is 1. The van der Waals surface area contributed by atoms with Gasteiger partial charge in [0.05, 0.1) is 0 Å². The summed E-state index contributed by atoms with van der Waals surface area (Å²) in [6, 6.07) is -0.324. The van der Waals surface area contributed by atoms with Crippen molar-refractivity contribution in [3.63, 3.8) is 0 Å². The maximum absolute atomic E-state index is 12.4. The van der Waals surface area contributed by atoms with Crippen LogP contribution in [0.2, 0.25) is 0 Å². The molecule has 1 N–H and O–H groups in total. The van der Waals surface area contributed by atoms with E-state index in [1.807, 2.05) is 6.92 Å². The number of amides is 2. The molecule has 0 saturated carbocycles. The molecule has 0 aromatic rings.